The van der Waals surface area contributed by atoms with Gasteiger partial charge in [-0.05, 0) is 18.6 Å². The van der Waals surface area contributed by atoms with Crippen molar-refractivity contribution >= 4 is 11.7 Å². The molecule has 0 fully saturated rings. The predicted molar refractivity (Wildman–Crippen MR) is 78.7 cm³/mol. The minimum atomic E-state index is -0.599. The Kier molecular flexibility index (Phi) is 4.57. The molecule has 2 aromatic rings. The van der Waals surface area contributed by atoms with Crippen molar-refractivity contribution in [3.8, 4) is 0 Å². The second-order valence-corrected chi connectivity index (χ2v) is 5.04. The van der Waals surface area contributed by atoms with E-state index >= 15 is 0 Å². The molecular formula is C15H20N4O2. The van der Waals surface area contributed by atoms with Crippen molar-refractivity contribution in [2.75, 3.05) is 0 Å². The summed E-state index contributed by atoms with van der Waals surface area (Å²) >= 11 is 0. The molecule has 1 atom stereocenters. The van der Waals surface area contributed by atoms with Crippen molar-refractivity contribution in [2.45, 2.75) is 25.8 Å². The number of rotatable bonds is 6. The lowest BCUT2D eigenvalue weighted by Gasteiger charge is -2.17. The third kappa shape index (κ3) is 3.21. The summed E-state index contributed by atoms with van der Waals surface area (Å²) in [5.41, 5.74) is 0.377. The smallest absolute Gasteiger partial charge is 0.294 e. The maximum Gasteiger partial charge on any atom is 0.294 e. The number of hydrogen-bond acceptors (Lipinski definition) is 3. The zero-order valence-corrected chi connectivity index (χ0v) is 12.5. The van der Waals surface area contributed by atoms with Crippen LogP contribution in [0.5, 0.6) is 0 Å². The molecule has 6 heteroatoms. The van der Waals surface area contributed by atoms with Crippen molar-refractivity contribution in [3.05, 3.63) is 42.2 Å². The number of aryl methyl sites for hydroxylation is 2. The van der Waals surface area contributed by atoms with Gasteiger partial charge in [-0.1, -0.05) is 13.3 Å². The van der Waals surface area contributed by atoms with E-state index in [2.05, 4.69) is 10.3 Å². The Morgan fingerprint density at radius 3 is 2.57 bits per heavy atom. The van der Waals surface area contributed by atoms with Gasteiger partial charge in [-0.15, -0.1) is 0 Å². The Balaban J connectivity index is 2.14. The van der Waals surface area contributed by atoms with Gasteiger partial charge in [0, 0.05) is 32.7 Å². The highest BCUT2D eigenvalue weighted by Crippen LogP contribution is 2.16. The van der Waals surface area contributed by atoms with Gasteiger partial charge >= 0.3 is 0 Å². The largest absolute Gasteiger partial charge is 0.348 e. The maximum absolute atomic E-state index is 12.2. The highest BCUT2D eigenvalue weighted by Gasteiger charge is 2.24. The normalized spacial score (nSPS) is 12.1. The molecule has 0 saturated heterocycles. The van der Waals surface area contributed by atoms with Crippen molar-refractivity contribution in [1.29, 1.82) is 0 Å². The van der Waals surface area contributed by atoms with E-state index in [0.29, 0.717) is 5.69 Å². The third-order valence-electron chi connectivity index (χ3n) is 3.44. The summed E-state index contributed by atoms with van der Waals surface area (Å²) in [5.74, 6) is -0.374. The van der Waals surface area contributed by atoms with E-state index < -0.39 is 11.7 Å². The second-order valence-electron chi connectivity index (χ2n) is 5.04. The Hall–Kier alpha value is -2.37. The molecule has 2 heterocycles. The molecular weight excluding hydrogens is 268 g/mol. The lowest BCUT2D eigenvalue weighted by atomic mass is 10.1. The highest BCUT2D eigenvalue weighted by atomic mass is 16.2. The summed E-state index contributed by atoms with van der Waals surface area (Å²) in [6.45, 7) is 2.03. The minimum absolute atomic E-state index is 0.258. The molecule has 0 aromatic carbocycles. The van der Waals surface area contributed by atoms with Crippen molar-refractivity contribution in [2.24, 2.45) is 14.1 Å². The average molecular weight is 288 g/mol. The fourth-order valence-corrected chi connectivity index (χ4v) is 2.30. The molecule has 0 radical (unpaired) electrons. The Bertz CT molecular complexity index is 642. The number of carbonyl (C=O) groups is 2. The van der Waals surface area contributed by atoms with Crippen LogP contribution in [0.4, 0.5) is 0 Å². The van der Waals surface area contributed by atoms with Gasteiger partial charge in [0.05, 0.1) is 11.7 Å². The van der Waals surface area contributed by atoms with Crippen LogP contribution in [0.15, 0.2) is 30.7 Å². The topological polar surface area (TPSA) is 68.9 Å². The Morgan fingerprint density at radius 1 is 1.29 bits per heavy atom. The molecule has 0 aliphatic heterocycles. The molecule has 0 spiro atoms. The Labute approximate surface area is 123 Å². The number of amides is 1. The summed E-state index contributed by atoms with van der Waals surface area (Å²) in [5, 5.41) is 2.79. The van der Waals surface area contributed by atoms with Gasteiger partial charge < -0.3 is 14.5 Å². The molecule has 21 heavy (non-hydrogen) atoms. The summed E-state index contributed by atoms with van der Waals surface area (Å²) in [7, 11) is 3.61. The van der Waals surface area contributed by atoms with Crippen LogP contribution in [0.3, 0.4) is 0 Å². The first-order valence-electron chi connectivity index (χ1n) is 6.98. The molecule has 1 N–H and O–H groups in total. The monoisotopic (exact) mass is 288 g/mol. The van der Waals surface area contributed by atoms with E-state index in [1.165, 1.54) is 0 Å². The summed E-state index contributed by atoms with van der Waals surface area (Å²) in [6.07, 6.45) is 6.86. The van der Waals surface area contributed by atoms with Crippen LogP contribution < -0.4 is 5.32 Å². The number of imidazole rings is 1. The molecule has 2 rings (SSSR count). The molecule has 0 bridgehead atoms. The first kappa shape index (κ1) is 15.0. The molecule has 112 valence electrons. The van der Waals surface area contributed by atoms with E-state index in [0.717, 1.165) is 18.7 Å². The third-order valence-corrected chi connectivity index (χ3v) is 3.44. The quantitative estimate of drug-likeness (QED) is 0.648. The lowest BCUT2D eigenvalue weighted by Crippen LogP contribution is -2.36. The minimum Gasteiger partial charge on any atom is -0.348 e. The van der Waals surface area contributed by atoms with Gasteiger partial charge in [0.1, 0.15) is 5.82 Å². The number of Topliss-reactive ketones (excluding diaryl/α,β-unsaturated/α-hetero) is 1. The van der Waals surface area contributed by atoms with Crippen LogP contribution in [-0.2, 0) is 18.9 Å². The van der Waals surface area contributed by atoms with Crippen LogP contribution >= 0.6 is 0 Å². The predicted octanol–water partition coefficient (Wildman–Crippen LogP) is 1.60. The first-order chi connectivity index (χ1) is 10.0. The van der Waals surface area contributed by atoms with Crippen molar-refractivity contribution < 1.29 is 9.59 Å². The maximum atomic E-state index is 12.2. The zero-order valence-electron chi connectivity index (χ0n) is 12.5. The van der Waals surface area contributed by atoms with Crippen LogP contribution in [-0.4, -0.2) is 25.8 Å². The summed E-state index contributed by atoms with van der Waals surface area (Å²) < 4.78 is 3.49. The molecule has 1 unspecified atom stereocenters. The molecule has 0 aliphatic carbocycles. The fourth-order valence-electron chi connectivity index (χ4n) is 2.30. The zero-order chi connectivity index (χ0) is 15.4. The molecule has 6 nitrogen and oxygen atoms in total. The molecule has 0 aliphatic rings. The van der Waals surface area contributed by atoms with Crippen LogP contribution in [0.25, 0.3) is 0 Å². The number of nitrogens with one attached hydrogen (secondary N) is 1. The number of nitrogens with zero attached hydrogens (tertiary/aromatic N) is 3. The fraction of sp³-hybridized carbons (Fsp3) is 0.400. The van der Waals surface area contributed by atoms with Crippen LogP contribution in [0.1, 0.15) is 42.1 Å². The lowest BCUT2D eigenvalue weighted by molar-refractivity contribution is -0.117. The number of hydrogen-bond donors (Lipinski definition) is 1. The van der Waals surface area contributed by atoms with Gasteiger partial charge in [-0.3, -0.25) is 9.59 Å². The van der Waals surface area contributed by atoms with Gasteiger partial charge in [0.15, 0.2) is 0 Å². The second kappa shape index (κ2) is 6.39. The summed E-state index contributed by atoms with van der Waals surface area (Å²) in [4.78, 5) is 28.6. The van der Waals surface area contributed by atoms with E-state index in [-0.39, 0.29) is 6.04 Å². The van der Waals surface area contributed by atoms with Gasteiger partial charge in [-0.2, -0.15) is 0 Å². The van der Waals surface area contributed by atoms with E-state index in [9.17, 15) is 9.59 Å². The average Bonchev–Trinajstić information content (AvgIpc) is 3.06. The highest BCUT2D eigenvalue weighted by molar-refractivity contribution is 6.42. The number of ketones is 1. The first-order valence-corrected chi connectivity index (χ1v) is 6.98. The molecule has 2 aromatic heterocycles. The Morgan fingerprint density at radius 2 is 2.05 bits per heavy atom. The standard InChI is InChI=1S/C15H20N4O2/c1-4-6-11(14-16-8-10-19(14)3)17-15(21)13(20)12-7-5-9-18(12)2/h5,7-11H,4,6H2,1-3H3,(H,17,21). The van der Waals surface area contributed by atoms with Gasteiger partial charge in [0.2, 0.25) is 0 Å². The number of aromatic nitrogens is 3. The van der Waals surface area contributed by atoms with Crippen molar-refractivity contribution in [3.63, 3.8) is 0 Å². The van der Waals surface area contributed by atoms with Crippen molar-refractivity contribution in [1.82, 2.24) is 19.4 Å². The number of carbonyl (C=O) groups excluding carboxylic acids is 2. The van der Waals surface area contributed by atoms with E-state index in [4.69, 9.17) is 0 Å². The van der Waals surface area contributed by atoms with Gasteiger partial charge in [0.25, 0.3) is 11.7 Å². The van der Waals surface area contributed by atoms with Gasteiger partial charge in [-0.25, -0.2) is 4.98 Å². The summed E-state index contributed by atoms with van der Waals surface area (Å²) in [6, 6.07) is 3.12. The van der Waals surface area contributed by atoms with Crippen LogP contribution in [0.2, 0.25) is 0 Å². The van der Waals surface area contributed by atoms with Crippen LogP contribution in [0, 0.1) is 0 Å². The van der Waals surface area contributed by atoms with E-state index in [1.807, 2.05) is 24.7 Å². The SMILES string of the molecule is CCCC(NC(=O)C(=O)c1cccn1C)c1nccn1C. The molecule has 0 saturated carbocycles. The van der Waals surface area contributed by atoms with E-state index in [1.54, 1.807) is 36.1 Å². The molecule has 1 amide bonds.